The molecule has 16 heavy (non-hydrogen) atoms. The number of hydrogen-bond donors (Lipinski definition) is 3. The fourth-order valence-electron chi connectivity index (χ4n) is 1.34. The van der Waals surface area contributed by atoms with Gasteiger partial charge in [-0.15, -0.1) is 0 Å². The molecule has 0 aromatic carbocycles. The van der Waals surface area contributed by atoms with Crippen LogP contribution < -0.4 is 5.32 Å². The van der Waals surface area contributed by atoms with Crippen LogP contribution in [-0.4, -0.2) is 53.3 Å². The van der Waals surface area contributed by atoms with Gasteiger partial charge in [0, 0.05) is 0 Å². The zero-order valence-electron chi connectivity index (χ0n) is 7.94. The second-order valence-corrected chi connectivity index (χ2v) is 3.31. The van der Waals surface area contributed by atoms with Crippen LogP contribution in [0.25, 0.3) is 0 Å². The lowest BCUT2D eigenvalue weighted by Gasteiger charge is -2.19. The van der Waals surface area contributed by atoms with Crippen LogP contribution in [0.4, 0.5) is 13.2 Å². The standard InChI is InChI=1S/C8H10F3NO4/c1-3-5(6(14)4(2-13)16-3)12-7(15)8(9,10)11/h1,3-6,13-14H,2H2,(H,12,15)/t3-,4+,5?,6-/m0/s1. The van der Waals surface area contributed by atoms with Crippen LogP contribution in [0.2, 0.25) is 0 Å². The Labute approximate surface area is 89.2 Å². The van der Waals surface area contributed by atoms with Crippen LogP contribution in [0.15, 0.2) is 0 Å². The van der Waals surface area contributed by atoms with Gasteiger partial charge in [-0.3, -0.25) is 4.79 Å². The number of ether oxygens (including phenoxy) is 1. The Morgan fingerprint density at radius 2 is 2.06 bits per heavy atom. The third kappa shape index (κ3) is 2.63. The molecule has 1 aliphatic rings. The molecule has 3 N–H and O–H groups in total. The van der Waals surface area contributed by atoms with Crippen molar-refractivity contribution in [2.75, 3.05) is 6.61 Å². The van der Waals surface area contributed by atoms with Crippen LogP contribution in [-0.2, 0) is 9.53 Å². The molecule has 0 spiro atoms. The Balaban J connectivity index is 2.64. The predicted molar refractivity (Wildman–Crippen MR) is 44.0 cm³/mol. The van der Waals surface area contributed by atoms with E-state index in [1.807, 2.05) is 0 Å². The van der Waals surface area contributed by atoms with Gasteiger partial charge in [0.15, 0.2) is 0 Å². The van der Waals surface area contributed by atoms with Crippen molar-refractivity contribution >= 4 is 5.91 Å². The minimum Gasteiger partial charge on any atom is -0.394 e. The first-order valence-electron chi connectivity index (χ1n) is 4.35. The van der Waals surface area contributed by atoms with Gasteiger partial charge >= 0.3 is 12.1 Å². The number of nitrogens with one attached hydrogen (secondary N) is 1. The average molecular weight is 241 g/mol. The summed E-state index contributed by atoms with van der Waals surface area (Å²) < 4.78 is 40.5. The number of aliphatic hydroxyl groups excluding tert-OH is 2. The Bertz CT molecular complexity index is 270. The minimum atomic E-state index is -5.06. The summed E-state index contributed by atoms with van der Waals surface area (Å²) in [6.45, 7) is 4.65. The monoisotopic (exact) mass is 241 g/mol. The number of carbonyl (C=O) groups excluding carboxylic acids is 1. The summed E-state index contributed by atoms with van der Waals surface area (Å²) >= 11 is 0. The average Bonchev–Trinajstić information content (AvgIpc) is 2.43. The molecule has 1 amide bonds. The maximum absolute atomic E-state index is 11.9. The van der Waals surface area contributed by atoms with Gasteiger partial charge in [-0.25, -0.2) is 0 Å². The molecule has 4 atom stereocenters. The first-order valence-corrected chi connectivity index (χ1v) is 4.35. The van der Waals surface area contributed by atoms with Crippen LogP contribution in [0.5, 0.6) is 0 Å². The van der Waals surface area contributed by atoms with Crippen LogP contribution in [0.1, 0.15) is 0 Å². The van der Waals surface area contributed by atoms with E-state index < -0.39 is 43.0 Å². The zero-order valence-corrected chi connectivity index (χ0v) is 7.94. The first kappa shape index (κ1) is 13.2. The summed E-state index contributed by atoms with van der Waals surface area (Å²) in [5.74, 6) is -2.21. The molecular weight excluding hydrogens is 231 g/mol. The molecule has 1 heterocycles. The van der Waals surface area contributed by atoms with Crippen molar-refractivity contribution in [3.63, 3.8) is 0 Å². The van der Waals surface area contributed by atoms with Gasteiger partial charge in [0.2, 0.25) is 0 Å². The van der Waals surface area contributed by atoms with E-state index in [2.05, 4.69) is 0 Å². The van der Waals surface area contributed by atoms with E-state index in [-0.39, 0.29) is 0 Å². The molecule has 1 unspecified atom stereocenters. The summed E-state index contributed by atoms with van der Waals surface area (Å²) in [5, 5.41) is 19.6. The van der Waals surface area contributed by atoms with Crippen molar-refractivity contribution in [1.82, 2.24) is 5.32 Å². The highest BCUT2D eigenvalue weighted by Crippen LogP contribution is 2.22. The van der Waals surface area contributed by atoms with Gasteiger partial charge in [-0.05, 0) is 6.92 Å². The Morgan fingerprint density at radius 1 is 1.50 bits per heavy atom. The zero-order chi connectivity index (χ0) is 12.5. The molecule has 1 fully saturated rings. The van der Waals surface area contributed by atoms with E-state index in [4.69, 9.17) is 16.8 Å². The van der Waals surface area contributed by atoms with Crippen LogP contribution in [0, 0.1) is 6.92 Å². The van der Waals surface area contributed by atoms with Crippen molar-refractivity contribution in [1.29, 1.82) is 0 Å². The molecule has 0 bridgehead atoms. The summed E-state index contributed by atoms with van der Waals surface area (Å²) in [6.07, 6.45) is -8.94. The smallest absolute Gasteiger partial charge is 0.394 e. The molecule has 5 nitrogen and oxygen atoms in total. The van der Waals surface area contributed by atoms with Crippen molar-refractivity contribution < 1.29 is 32.9 Å². The summed E-state index contributed by atoms with van der Waals surface area (Å²) in [4.78, 5) is 10.6. The molecular formula is C8H10F3NO4. The van der Waals surface area contributed by atoms with E-state index in [1.165, 1.54) is 5.32 Å². The first-order chi connectivity index (χ1) is 7.27. The molecule has 1 aliphatic heterocycles. The SMILES string of the molecule is [CH][C@@H]1O[C@H](CO)[C@H](O)C1NC(=O)C(F)(F)F. The van der Waals surface area contributed by atoms with E-state index in [1.54, 1.807) is 0 Å². The lowest BCUT2D eigenvalue weighted by Crippen LogP contribution is -2.51. The van der Waals surface area contributed by atoms with Crippen LogP contribution in [0.3, 0.4) is 0 Å². The molecule has 92 valence electrons. The molecule has 1 rings (SSSR count). The maximum atomic E-state index is 11.9. The van der Waals surface area contributed by atoms with Gasteiger partial charge in [-0.1, -0.05) is 0 Å². The number of amides is 1. The number of rotatable bonds is 2. The van der Waals surface area contributed by atoms with Gasteiger partial charge in [-0.2, -0.15) is 13.2 Å². The van der Waals surface area contributed by atoms with Gasteiger partial charge in [0.1, 0.15) is 12.2 Å². The third-order valence-electron chi connectivity index (χ3n) is 2.17. The van der Waals surface area contributed by atoms with Crippen molar-refractivity contribution in [3.8, 4) is 0 Å². The van der Waals surface area contributed by atoms with E-state index in [9.17, 15) is 23.1 Å². The highest BCUT2D eigenvalue weighted by Gasteiger charge is 2.46. The topological polar surface area (TPSA) is 78.8 Å². The van der Waals surface area contributed by atoms with Crippen molar-refractivity contribution in [2.45, 2.75) is 30.5 Å². The lowest BCUT2D eigenvalue weighted by molar-refractivity contribution is -0.175. The van der Waals surface area contributed by atoms with E-state index in [0.717, 1.165) is 0 Å². The highest BCUT2D eigenvalue weighted by molar-refractivity contribution is 5.82. The Kier molecular flexibility index (Phi) is 3.76. The minimum absolute atomic E-state index is 0.604. The Hall–Kier alpha value is -0.860. The largest absolute Gasteiger partial charge is 0.471 e. The van der Waals surface area contributed by atoms with E-state index >= 15 is 0 Å². The second-order valence-electron chi connectivity index (χ2n) is 3.31. The second kappa shape index (κ2) is 4.56. The van der Waals surface area contributed by atoms with Crippen LogP contribution >= 0.6 is 0 Å². The number of halogens is 3. The molecule has 1 saturated heterocycles. The summed E-state index contributed by atoms with van der Waals surface area (Å²) in [7, 11) is 0. The number of aliphatic hydroxyl groups is 2. The van der Waals surface area contributed by atoms with Crippen molar-refractivity contribution in [3.05, 3.63) is 6.92 Å². The van der Waals surface area contributed by atoms with Crippen molar-refractivity contribution in [2.24, 2.45) is 0 Å². The molecule has 0 aromatic heterocycles. The molecule has 8 heteroatoms. The van der Waals surface area contributed by atoms with Gasteiger partial charge in [0.05, 0.1) is 18.8 Å². The number of carbonyl (C=O) groups is 1. The van der Waals surface area contributed by atoms with E-state index in [0.29, 0.717) is 0 Å². The lowest BCUT2D eigenvalue weighted by atomic mass is 10.1. The molecule has 0 saturated carbocycles. The summed E-state index contributed by atoms with van der Waals surface area (Å²) in [6, 6.07) is -1.40. The van der Waals surface area contributed by atoms with Gasteiger partial charge in [0.25, 0.3) is 0 Å². The molecule has 2 radical (unpaired) electrons. The Morgan fingerprint density at radius 3 is 2.44 bits per heavy atom. The predicted octanol–water partition coefficient (Wildman–Crippen LogP) is -1.13. The molecule has 0 aromatic rings. The maximum Gasteiger partial charge on any atom is 0.471 e. The molecule has 0 aliphatic carbocycles. The number of alkyl halides is 3. The quantitative estimate of drug-likeness (QED) is 0.571. The fourth-order valence-corrected chi connectivity index (χ4v) is 1.34. The normalized spacial score (nSPS) is 35.1. The summed E-state index contributed by atoms with van der Waals surface area (Å²) in [5.41, 5.74) is 0. The highest BCUT2D eigenvalue weighted by atomic mass is 19.4. The van der Waals surface area contributed by atoms with Gasteiger partial charge < -0.3 is 20.3 Å². The number of hydrogen-bond acceptors (Lipinski definition) is 4. The fraction of sp³-hybridized carbons (Fsp3) is 0.750. The third-order valence-corrected chi connectivity index (χ3v) is 2.17.